The Kier molecular flexibility index (Phi) is 6.56. The molecule has 0 fully saturated rings. The van der Waals surface area contributed by atoms with Crippen LogP contribution in [0.2, 0.25) is 5.02 Å². The van der Waals surface area contributed by atoms with Gasteiger partial charge in [-0.3, -0.25) is 9.59 Å². The molecule has 1 heterocycles. The van der Waals surface area contributed by atoms with Crippen molar-refractivity contribution in [3.05, 3.63) is 64.8 Å². The lowest BCUT2D eigenvalue weighted by molar-refractivity contribution is -0.120. The summed E-state index contributed by atoms with van der Waals surface area (Å²) in [6, 6.07) is 13.7. The van der Waals surface area contributed by atoms with Gasteiger partial charge in [0.15, 0.2) is 0 Å². The Morgan fingerprint density at radius 3 is 2.45 bits per heavy atom. The van der Waals surface area contributed by atoms with E-state index in [2.05, 4.69) is 0 Å². The van der Waals surface area contributed by atoms with Crippen molar-refractivity contribution in [3.63, 3.8) is 0 Å². The van der Waals surface area contributed by atoms with Gasteiger partial charge in [0.05, 0.1) is 24.5 Å². The van der Waals surface area contributed by atoms with Crippen LogP contribution in [0.15, 0.2) is 54.2 Å². The number of anilines is 1. The van der Waals surface area contributed by atoms with E-state index in [0.717, 1.165) is 11.3 Å². The van der Waals surface area contributed by atoms with Gasteiger partial charge in [-0.15, -0.1) is 0 Å². The fraction of sp³-hybridized carbons (Fsp3) is 0.273. The molecule has 3 rings (SSSR count). The molecule has 1 aliphatic heterocycles. The number of hydrogen-bond donors (Lipinski definition) is 1. The van der Waals surface area contributed by atoms with Crippen LogP contribution in [-0.2, 0) is 9.59 Å². The van der Waals surface area contributed by atoms with Crippen molar-refractivity contribution < 1.29 is 19.4 Å². The number of halogens is 1. The first-order chi connectivity index (χ1) is 14.0. The number of rotatable bonds is 8. The third kappa shape index (κ3) is 4.28. The van der Waals surface area contributed by atoms with E-state index in [4.69, 9.17) is 16.3 Å². The van der Waals surface area contributed by atoms with Crippen molar-refractivity contribution in [2.45, 2.75) is 13.3 Å². The second kappa shape index (κ2) is 9.11. The van der Waals surface area contributed by atoms with Gasteiger partial charge in [0.25, 0.3) is 11.8 Å². The summed E-state index contributed by atoms with van der Waals surface area (Å²) < 4.78 is 5.60. The number of aliphatic hydroxyl groups is 1. The Hall–Kier alpha value is -2.83. The Morgan fingerprint density at radius 2 is 1.83 bits per heavy atom. The summed E-state index contributed by atoms with van der Waals surface area (Å²) in [4.78, 5) is 29.2. The molecular formula is C22H23ClN2O4. The molecule has 152 valence electrons. The molecule has 1 N–H and O–H groups in total. The summed E-state index contributed by atoms with van der Waals surface area (Å²) in [5, 5.41) is 9.77. The summed E-state index contributed by atoms with van der Waals surface area (Å²) in [5.41, 5.74) is 1.54. The molecule has 0 spiro atoms. The van der Waals surface area contributed by atoms with Crippen LogP contribution in [0.5, 0.6) is 5.75 Å². The zero-order valence-electron chi connectivity index (χ0n) is 16.4. The number of amides is 2. The minimum absolute atomic E-state index is 0.143. The van der Waals surface area contributed by atoms with E-state index in [9.17, 15) is 14.7 Å². The first kappa shape index (κ1) is 20.9. The lowest BCUT2D eigenvalue weighted by atomic mass is 10.0. The predicted molar refractivity (Wildman–Crippen MR) is 113 cm³/mol. The quantitative estimate of drug-likeness (QED) is 0.671. The smallest absolute Gasteiger partial charge is 0.282 e. The highest BCUT2D eigenvalue weighted by molar-refractivity contribution is 6.45. The van der Waals surface area contributed by atoms with E-state index < -0.39 is 11.8 Å². The number of nitrogens with zero attached hydrogens (tertiary/aromatic N) is 2. The number of carbonyl (C=O) groups is 2. The second-order valence-corrected chi connectivity index (χ2v) is 7.10. The number of benzene rings is 2. The van der Waals surface area contributed by atoms with Crippen molar-refractivity contribution in [1.82, 2.24) is 4.90 Å². The van der Waals surface area contributed by atoms with E-state index in [1.807, 2.05) is 6.92 Å². The van der Waals surface area contributed by atoms with Gasteiger partial charge in [-0.25, -0.2) is 4.90 Å². The van der Waals surface area contributed by atoms with Gasteiger partial charge < -0.3 is 14.7 Å². The second-order valence-electron chi connectivity index (χ2n) is 6.67. The number of ether oxygens (including phenoxy) is 1. The van der Waals surface area contributed by atoms with Crippen molar-refractivity contribution in [2.75, 3.05) is 31.7 Å². The Balaban J connectivity index is 2.04. The maximum Gasteiger partial charge on any atom is 0.282 e. The minimum atomic E-state index is -0.450. The third-order valence-corrected chi connectivity index (χ3v) is 4.79. The SMILES string of the molecule is CCCOc1ccc(C2=C(N(C)CCO)C(=O)N(c3cccc(Cl)c3)C2=O)cc1. The average Bonchev–Trinajstić information content (AvgIpc) is 2.97. The first-order valence-electron chi connectivity index (χ1n) is 9.41. The van der Waals surface area contributed by atoms with Crippen LogP contribution in [0.4, 0.5) is 5.69 Å². The molecule has 0 radical (unpaired) electrons. The molecule has 0 atom stereocenters. The van der Waals surface area contributed by atoms with Crippen molar-refractivity contribution in [2.24, 2.45) is 0 Å². The summed E-state index contributed by atoms with van der Waals surface area (Å²) >= 11 is 6.06. The van der Waals surface area contributed by atoms with Crippen LogP contribution in [0.1, 0.15) is 18.9 Å². The molecule has 2 aromatic carbocycles. The van der Waals surface area contributed by atoms with Gasteiger partial charge in [-0.05, 0) is 42.3 Å². The lowest BCUT2D eigenvalue weighted by Gasteiger charge is -2.20. The average molecular weight is 415 g/mol. The molecule has 7 heteroatoms. The summed E-state index contributed by atoms with van der Waals surface area (Å²) in [7, 11) is 1.68. The molecule has 0 saturated carbocycles. The lowest BCUT2D eigenvalue weighted by Crippen LogP contribution is -2.34. The highest BCUT2D eigenvalue weighted by Gasteiger charge is 2.41. The summed E-state index contributed by atoms with van der Waals surface area (Å²) in [6.45, 7) is 2.71. The van der Waals surface area contributed by atoms with Gasteiger partial charge >= 0.3 is 0 Å². The number of carbonyl (C=O) groups excluding carboxylic acids is 2. The zero-order chi connectivity index (χ0) is 21.0. The molecule has 6 nitrogen and oxygen atoms in total. The molecule has 0 bridgehead atoms. The van der Waals surface area contributed by atoms with Crippen molar-refractivity contribution >= 4 is 34.7 Å². The monoisotopic (exact) mass is 414 g/mol. The van der Waals surface area contributed by atoms with Gasteiger partial charge in [0.2, 0.25) is 0 Å². The highest BCUT2D eigenvalue weighted by atomic mass is 35.5. The maximum absolute atomic E-state index is 13.3. The first-order valence-corrected chi connectivity index (χ1v) is 9.79. The predicted octanol–water partition coefficient (Wildman–Crippen LogP) is 3.34. The van der Waals surface area contributed by atoms with E-state index in [-0.39, 0.29) is 24.4 Å². The van der Waals surface area contributed by atoms with Crippen LogP contribution in [0, 0.1) is 0 Å². The Morgan fingerprint density at radius 1 is 1.10 bits per heavy atom. The van der Waals surface area contributed by atoms with E-state index >= 15 is 0 Å². The van der Waals surface area contributed by atoms with Crippen LogP contribution < -0.4 is 9.64 Å². The van der Waals surface area contributed by atoms with Crippen LogP contribution in [0.25, 0.3) is 5.57 Å². The summed E-state index contributed by atoms with van der Waals surface area (Å²) in [6.07, 6.45) is 0.893. The zero-order valence-corrected chi connectivity index (χ0v) is 17.1. The Labute approximate surface area is 174 Å². The highest BCUT2D eigenvalue weighted by Crippen LogP contribution is 2.35. The molecular weight excluding hydrogens is 392 g/mol. The van der Waals surface area contributed by atoms with Gasteiger partial charge in [-0.2, -0.15) is 0 Å². The van der Waals surface area contributed by atoms with E-state index in [0.29, 0.717) is 28.6 Å². The minimum Gasteiger partial charge on any atom is -0.494 e. The molecule has 0 aliphatic carbocycles. The van der Waals surface area contributed by atoms with Crippen LogP contribution in [0.3, 0.4) is 0 Å². The molecule has 0 unspecified atom stereocenters. The van der Waals surface area contributed by atoms with E-state index in [1.165, 1.54) is 0 Å². The largest absolute Gasteiger partial charge is 0.494 e. The molecule has 2 amide bonds. The summed E-state index contributed by atoms with van der Waals surface area (Å²) in [5.74, 6) is -0.182. The third-order valence-electron chi connectivity index (χ3n) is 4.56. The molecule has 0 aromatic heterocycles. The van der Waals surface area contributed by atoms with Crippen LogP contribution >= 0.6 is 11.6 Å². The number of aliphatic hydroxyl groups excluding tert-OH is 1. The van der Waals surface area contributed by atoms with Gasteiger partial charge in [-0.1, -0.05) is 36.7 Å². The number of imide groups is 1. The Bertz CT molecular complexity index is 940. The molecule has 0 saturated heterocycles. The standard InChI is InChI=1S/C22H23ClN2O4/c1-3-13-29-18-9-7-15(8-10-18)19-20(24(2)11-12-26)22(28)25(21(19)27)17-6-4-5-16(23)14-17/h4-10,14,26H,3,11-13H2,1-2H3. The molecule has 29 heavy (non-hydrogen) atoms. The van der Waals surface area contributed by atoms with Gasteiger partial charge in [0, 0.05) is 18.6 Å². The number of likely N-dealkylation sites (N-methyl/N-ethyl adjacent to an activating group) is 1. The molecule has 1 aliphatic rings. The topological polar surface area (TPSA) is 70.1 Å². The number of hydrogen-bond acceptors (Lipinski definition) is 5. The van der Waals surface area contributed by atoms with Crippen molar-refractivity contribution in [1.29, 1.82) is 0 Å². The fourth-order valence-electron chi connectivity index (χ4n) is 3.18. The normalized spacial score (nSPS) is 14.0. The van der Waals surface area contributed by atoms with Crippen LogP contribution in [-0.4, -0.2) is 48.6 Å². The van der Waals surface area contributed by atoms with Gasteiger partial charge in [0.1, 0.15) is 11.4 Å². The fourth-order valence-corrected chi connectivity index (χ4v) is 3.37. The van der Waals surface area contributed by atoms with Crippen molar-refractivity contribution in [3.8, 4) is 5.75 Å². The maximum atomic E-state index is 13.3. The molecule has 2 aromatic rings. The van der Waals surface area contributed by atoms with E-state index in [1.54, 1.807) is 60.5 Å².